The van der Waals surface area contributed by atoms with Gasteiger partial charge >= 0.3 is 0 Å². The highest BCUT2D eigenvalue weighted by molar-refractivity contribution is 5.42. The lowest BCUT2D eigenvalue weighted by molar-refractivity contribution is 0.825. The Morgan fingerprint density at radius 1 is 1.38 bits per heavy atom. The number of hydrogen-bond donors (Lipinski definition) is 2. The summed E-state index contributed by atoms with van der Waals surface area (Å²) >= 11 is 0. The number of rotatable bonds is 7. The van der Waals surface area contributed by atoms with E-state index in [2.05, 4.69) is 34.1 Å². The molecule has 0 fully saturated rings. The Morgan fingerprint density at radius 3 is 2.88 bits per heavy atom. The number of aryl methyl sites for hydroxylation is 1. The minimum absolute atomic E-state index is 0.694. The second-order valence-electron chi connectivity index (χ2n) is 3.67. The average molecular weight is 220 g/mol. The van der Waals surface area contributed by atoms with Gasteiger partial charge in [0.1, 0.15) is 5.82 Å². The van der Waals surface area contributed by atoms with Gasteiger partial charge in [-0.1, -0.05) is 19.4 Å². The van der Waals surface area contributed by atoms with Crippen LogP contribution in [0.3, 0.4) is 0 Å². The molecule has 4 nitrogen and oxygen atoms in total. The van der Waals surface area contributed by atoms with Gasteiger partial charge in [0.15, 0.2) is 0 Å². The highest BCUT2D eigenvalue weighted by atomic mass is 15.1. The van der Waals surface area contributed by atoms with Crippen LogP contribution in [0.15, 0.2) is 18.7 Å². The van der Waals surface area contributed by atoms with Crippen LogP contribution in [0.25, 0.3) is 0 Å². The number of unbranched alkanes of at least 4 members (excludes halogenated alkanes) is 1. The second-order valence-corrected chi connectivity index (χ2v) is 3.67. The summed E-state index contributed by atoms with van der Waals surface area (Å²) in [6.07, 6.45) is 4.11. The third kappa shape index (κ3) is 4.29. The first-order chi connectivity index (χ1) is 7.76. The summed E-state index contributed by atoms with van der Waals surface area (Å²) in [6, 6.07) is 1.93. The van der Waals surface area contributed by atoms with Gasteiger partial charge in [0.2, 0.25) is 5.95 Å². The van der Waals surface area contributed by atoms with Crippen LogP contribution in [0.1, 0.15) is 25.5 Å². The molecular formula is C12H20N4. The summed E-state index contributed by atoms with van der Waals surface area (Å²) in [5.41, 5.74) is 0.959. The molecule has 2 N–H and O–H groups in total. The van der Waals surface area contributed by atoms with E-state index in [4.69, 9.17) is 0 Å². The predicted octanol–water partition coefficient (Wildman–Crippen LogP) is 2.59. The third-order valence-corrected chi connectivity index (χ3v) is 2.10. The van der Waals surface area contributed by atoms with Crippen molar-refractivity contribution in [3.63, 3.8) is 0 Å². The smallest absolute Gasteiger partial charge is 0.224 e. The van der Waals surface area contributed by atoms with Crippen LogP contribution >= 0.6 is 0 Å². The summed E-state index contributed by atoms with van der Waals surface area (Å²) in [4.78, 5) is 8.69. The van der Waals surface area contributed by atoms with E-state index < -0.39 is 0 Å². The van der Waals surface area contributed by atoms with Gasteiger partial charge in [0, 0.05) is 24.8 Å². The summed E-state index contributed by atoms with van der Waals surface area (Å²) in [5.74, 6) is 1.53. The molecule has 1 aromatic heterocycles. The van der Waals surface area contributed by atoms with Gasteiger partial charge in [-0.3, -0.25) is 0 Å². The SMILES string of the molecule is C=CCNc1cc(C)nc(NCCCC)n1. The molecule has 0 saturated carbocycles. The Kier molecular flexibility index (Phi) is 5.32. The van der Waals surface area contributed by atoms with Gasteiger partial charge in [-0.05, 0) is 13.3 Å². The first kappa shape index (κ1) is 12.5. The molecule has 0 aliphatic rings. The zero-order valence-corrected chi connectivity index (χ0v) is 10.1. The number of nitrogens with one attached hydrogen (secondary N) is 2. The maximum Gasteiger partial charge on any atom is 0.224 e. The molecule has 4 heteroatoms. The van der Waals surface area contributed by atoms with Gasteiger partial charge < -0.3 is 10.6 Å². The van der Waals surface area contributed by atoms with Crippen molar-refractivity contribution in [3.05, 3.63) is 24.4 Å². The fraction of sp³-hybridized carbons (Fsp3) is 0.500. The van der Waals surface area contributed by atoms with Crippen molar-refractivity contribution in [1.82, 2.24) is 9.97 Å². The van der Waals surface area contributed by atoms with E-state index in [1.54, 1.807) is 0 Å². The molecule has 1 heterocycles. The van der Waals surface area contributed by atoms with Crippen LogP contribution in [-0.4, -0.2) is 23.1 Å². The van der Waals surface area contributed by atoms with E-state index in [1.807, 2.05) is 19.1 Å². The van der Waals surface area contributed by atoms with E-state index in [0.717, 1.165) is 24.5 Å². The minimum atomic E-state index is 0.694. The monoisotopic (exact) mass is 220 g/mol. The summed E-state index contributed by atoms with van der Waals surface area (Å²) in [7, 11) is 0. The molecule has 0 unspecified atom stereocenters. The number of hydrogen-bond acceptors (Lipinski definition) is 4. The largest absolute Gasteiger partial charge is 0.366 e. The molecule has 0 spiro atoms. The number of nitrogens with zero attached hydrogens (tertiary/aromatic N) is 2. The Hall–Kier alpha value is -1.58. The highest BCUT2D eigenvalue weighted by Gasteiger charge is 2.00. The van der Waals surface area contributed by atoms with Crippen LogP contribution in [0.4, 0.5) is 11.8 Å². The molecule has 16 heavy (non-hydrogen) atoms. The van der Waals surface area contributed by atoms with Crippen molar-refractivity contribution >= 4 is 11.8 Å². The standard InChI is InChI=1S/C12H20N4/c1-4-6-8-14-12-15-10(3)9-11(16-12)13-7-5-2/h5,9H,2,4,6-8H2,1,3H3,(H2,13,14,15,16). The topological polar surface area (TPSA) is 49.8 Å². The van der Waals surface area contributed by atoms with Crippen LogP contribution in [0, 0.1) is 6.92 Å². The zero-order valence-electron chi connectivity index (χ0n) is 10.1. The molecule has 0 aliphatic heterocycles. The third-order valence-electron chi connectivity index (χ3n) is 2.10. The Balaban J connectivity index is 2.61. The van der Waals surface area contributed by atoms with Gasteiger partial charge in [-0.15, -0.1) is 6.58 Å². The summed E-state index contributed by atoms with van der Waals surface area (Å²) < 4.78 is 0. The molecule has 0 bridgehead atoms. The lowest BCUT2D eigenvalue weighted by Crippen LogP contribution is -2.08. The van der Waals surface area contributed by atoms with E-state index in [1.165, 1.54) is 6.42 Å². The van der Waals surface area contributed by atoms with Gasteiger partial charge in [0.05, 0.1) is 0 Å². The number of anilines is 2. The van der Waals surface area contributed by atoms with Crippen LogP contribution in [0.2, 0.25) is 0 Å². The van der Waals surface area contributed by atoms with Crippen molar-refractivity contribution in [1.29, 1.82) is 0 Å². The van der Waals surface area contributed by atoms with Crippen molar-refractivity contribution in [2.45, 2.75) is 26.7 Å². The molecule has 1 rings (SSSR count). The van der Waals surface area contributed by atoms with Crippen molar-refractivity contribution < 1.29 is 0 Å². The Morgan fingerprint density at radius 2 is 2.19 bits per heavy atom. The highest BCUT2D eigenvalue weighted by Crippen LogP contribution is 2.09. The van der Waals surface area contributed by atoms with Crippen molar-refractivity contribution in [2.75, 3.05) is 23.7 Å². The maximum absolute atomic E-state index is 4.36. The average Bonchev–Trinajstić information content (AvgIpc) is 2.26. The van der Waals surface area contributed by atoms with Crippen LogP contribution in [-0.2, 0) is 0 Å². The summed E-state index contributed by atoms with van der Waals surface area (Å²) in [6.45, 7) is 9.42. The molecule has 1 aromatic rings. The molecular weight excluding hydrogens is 200 g/mol. The van der Waals surface area contributed by atoms with Crippen molar-refractivity contribution in [2.24, 2.45) is 0 Å². The van der Waals surface area contributed by atoms with E-state index in [-0.39, 0.29) is 0 Å². The Labute approximate surface area is 97.2 Å². The second kappa shape index (κ2) is 6.82. The van der Waals surface area contributed by atoms with Gasteiger partial charge in [-0.25, -0.2) is 4.98 Å². The first-order valence-electron chi connectivity index (χ1n) is 5.70. The lowest BCUT2D eigenvalue weighted by atomic mass is 10.3. The molecule has 0 saturated heterocycles. The van der Waals surface area contributed by atoms with Crippen molar-refractivity contribution in [3.8, 4) is 0 Å². The van der Waals surface area contributed by atoms with Crippen LogP contribution < -0.4 is 10.6 Å². The van der Waals surface area contributed by atoms with E-state index >= 15 is 0 Å². The fourth-order valence-corrected chi connectivity index (χ4v) is 1.29. The summed E-state index contributed by atoms with van der Waals surface area (Å²) in [5, 5.41) is 6.37. The first-order valence-corrected chi connectivity index (χ1v) is 5.70. The number of aromatic nitrogens is 2. The van der Waals surface area contributed by atoms with Crippen LogP contribution in [0.5, 0.6) is 0 Å². The lowest BCUT2D eigenvalue weighted by Gasteiger charge is -2.08. The molecule has 0 aliphatic carbocycles. The fourth-order valence-electron chi connectivity index (χ4n) is 1.29. The van der Waals surface area contributed by atoms with Gasteiger partial charge in [0.25, 0.3) is 0 Å². The molecule has 0 amide bonds. The predicted molar refractivity (Wildman–Crippen MR) is 68.9 cm³/mol. The Bertz CT molecular complexity index is 336. The van der Waals surface area contributed by atoms with E-state index in [0.29, 0.717) is 12.5 Å². The van der Waals surface area contributed by atoms with E-state index in [9.17, 15) is 0 Å². The molecule has 0 aromatic carbocycles. The quantitative estimate of drug-likeness (QED) is 0.548. The normalized spacial score (nSPS) is 9.88. The maximum atomic E-state index is 4.36. The molecule has 88 valence electrons. The van der Waals surface area contributed by atoms with Gasteiger partial charge in [-0.2, -0.15) is 4.98 Å². The molecule has 0 atom stereocenters. The molecule has 0 radical (unpaired) electrons. The minimum Gasteiger partial charge on any atom is -0.366 e. The zero-order chi connectivity index (χ0) is 11.8.